The maximum Gasteiger partial charge on any atom is 0.151 e. The molecular weight excluding hydrogens is 305 g/mol. The summed E-state index contributed by atoms with van der Waals surface area (Å²) in [6.45, 7) is 0.768. The first kappa shape index (κ1) is 15.2. The fraction of sp³-hybridized carbons (Fsp3) is 0.389. The van der Waals surface area contributed by atoms with Crippen LogP contribution in [0.4, 0.5) is 4.39 Å². The van der Waals surface area contributed by atoms with E-state index < -0.39 is 0 Å². The molecular formula is C18H20FN5. The van der Waals surface area contributed by atoms with Crippen molar-refractivity contribution in [1.82, 2.24) is 19.7 Å². The van der Waals surface area contributed by atoms with Gasteiger partial charge in [-0.25, -0.2) is 9.37 Å². The largest absolute Gasteiger partial charge is 0.330 e. The summed E-state index contributed by atoms with van der Waals surface area (Å²) >= 11 is 0. The molecule has 1 aliphatic carbocycles. The second-order valence-electron chi connectivity index (χ2n) is 6.49. The van der Waals surface area contributed by atoms with Crippen molar-refractivity contribution in [2.45, 2.75) is 31.7 Å². The topological polar surface area (TPSA) is 69.6 Å². The number of hydrogen-bond donors (Lipinski definition) is 1. The molecule has 0 saturated heterocycles. The molecule has 5 nitrogen and oxygen atoms in total. The smallest absolute Gasteiger partial charge is 0.151 e. The number of rotatable bonds is 5. The Morgan fingerprint density at radius 1 is 1.25 bits per heavy atom. The molecule has 2 heterocycles. The molecule has 6 heteroatoms. The number of halogens is 1. The monoisotopic (exact) mass is 325 g/mol. The fourth-order valence-corrected chi connectivity index (χ4v) is 3.37. The highest BCUT2D eigenvalue weighted by Crippen LogP contribution is 2.40. The van der Waals surface area contributed by atoms with E-state index in [0.717, 1.165) is 37.3 Å². The number of aromatic nitrogens is 4. The van der Waals surface area contributed by atoms with Crippen LogP contribution in [0.3, 0.4) is 0 Å². The Bertz CT molecular complexity index is 853. The van der Waals surface area contributed by atoms with Crippen molar-refractivity contribution >= 4 is 11.0 Å². The molecule has 4 rings (SSSR count). The van der Waals surface area contributed by atoms with Gasteiger partial charge < -0.3 is 5.73 Å². The fourth-order valence-electron chi connectivity index (χ4n) is 3.37. The van der Waals surface area contributed by atoms with Crippen molar-refractivity contribution in [3.05, 3.63) is 42.6 Å². The number of nitrogens with zero attached hydrogens (tertiary/aromatic N) is 4. The van der Waals surface area contributed by atoms with E-state index in [-0.39, 0.29) is 5.82 Å². The second-order valence-corrected chi connectivity index (χ2v) is 6.49. The SMILES string of the molecule is NCCCC1CC(n2cc(-c3cnc4cccc(F)c4n3)cn2)C1. The number of fused-ring (bicyclic) bond motifs is 1. The van der Waals surface area contributed by atoms with E-state index in [0.29, 0.717) is 22.8 Å². The standard InChI is InChI=1S/C18H20FN5/c19-15-4-1-5-16-18(15)23-17(10-21-16)13-9-22-24(11-13)14-7-12(8-14)3-2-6-20/h1,4-5,9-12,14H,2-3,6-8,20H2. The van der Waals surface area contributed by atoms with Crippen LogP contribution in [0.15, 0.2) is 36.8 Å². The van der Waals surface area contributed by atoms with Crippen molar-refractivity contribution < 1.29 is 4.39 Å². The van der Waals surface area contributed by atoms with E-state index in [2.05, 4.69) is 15.1 Å². The zero-order valence-electron chi connectivity index (χ0n) is 13.4. The number of para-hydroxylation sites is 1. The molecule has 0 radical (unpaired) electrons. The lowest BCUT2D eigenvalue weighted by atomic mass is 9.77. The third-order valence-electron chi connectivity index (χ3n) is 4.82. The Morgan fingerprint density at radius 3 is 2.96 bits per heavy atom. The lowest BCUT2D eigenvalue weighted by Crippen LogP contribution is -2.27. The first-order chi connectivity index (χ1) is 11.7. The van der Waals surface area contributed by atoms with E-state index in [1.807, 2.05) is 10.9 Å². The van der Waals surface area contributed by atoms with Gasteiger partial charge in [0.1, 0.15) is 5.52 Å². The number of hydrogen-bond acceptors (Lipinski definition) is 4. The first-order valence-electron chi connectivity index (χ1n) is 8.40. The molecule has 0 amide bonds. The Morgan fingerprint density at radius 2 is 2.12 bits per heavy atom. The summed E-state index contributed by atoms with van der Waals surface area (Å²) in [5, 5.41) is 4.46. The normalized spacial score (nSPS) is 20.2. The molecule has 1 saturated carbocycles. The van der Waals surface area contributed by atoms with Gasteiger partial charge in [0.15, 0.2) is 5.82 Å². The van der Waals surface area contributed by atoms with Crippen LogP contribution in [0.25, 0.3) is 22.3 Å². The predicted octanol–water partition coefficient (Wildman–Crippen LogP) is 3.32. The predicted molar refractivity (Wildman–Crippen MR) is 90.8 cm³/mol. The van der Waals surface area contributed by atoms with Gasteiger partial charge in [0, 0.05) is 11.8 Å². The van der Waals surface area contributed by atoms with Crippen LogP contribution in [0.2, 0.25) is 0 Å². The second kappa shape index (κ2) is 6.28. The van der Waals surface area contributed by atoms with Crippen molar-refractivity contribution in [2.75, 3.05) is 6.54 Å². The molecule has 2 aromatic heterocycles. The minimum atomic E-state index is -0.351. The third kappa shape index (κ3) is 2.78. The summed E-state index contributed by atoms with van der Waals surface area (Å²) in [5.41, 5.74) is 7.95. The summed E-state index contributed by atoms with van der Waals surface area (Å²) in [5.74, 6) is 0.414. The van der Waals surface area contributed by atoms with Crippen molar-refractivity contribution in [1.29, 1.82) is 0 Å². The Kier molecular flexibility index (Phi) is 3.98. The van der Waals surface area contributed by atoms with E-state index >= 15 is 0 Å². The van der Waals surface area contributed by atoms with Gasteiger partial charge in [0.05, 0.1) is 29.6 Å². The van der Waals surface area contributed by atoms with Crippen molar-refractivity contribution in [2.24, 2.45) is 11.7 Å². The molecule has 0 bridgehead atoms. The first-order valence-corrected chi connectivity index (χ1v) is 8.40. The molecule has 124 valence electrons. The highest BCUT2D eigenvalue weighted by atomic mass is 19.1. The van der Waals surface area contributed by atoms with Gasteiger partial charge in [-0.2, -0.15) is 5.10 Å². The molecule has 1 fully saturated rings. The molecule has 3 aromatic rings. The van der Waals surface area contributed by atoms with Crippen LogP contribution in [-0.4, -0.2) is 26.3 Å². The van der Waals surface area contributed by atoms with Crippen LogP contribution < -0.4 is 5.73 Å². The Hall–Kier alpha value is -2.34. The van der Waals surface area contributed by atoms with E-state index in [9.17, 15) is 4.39 Å². The van der Waals surface area contributed by atoms with E-state index in [1.165, 1.54) is 12.5 Å². The zero-order chi connectivity index (χ0) is 16.5. The average molecular weight is 325 g/mol. The van der Waals surface area contributed by atoms with Gasteiger partial charge in [-0.3, -0.25) is 9.67 Å². The molecule has 0 atom stereocenters. The van der Waals surface area contributed by atoms with Crippen LogP contribution in [0, 0.1) is 11.7 Å². The average Bonchev–Trinajstić information content (AvgIpc) is 3.03. The van der Waals surface area contributed by atoms with Gasteiger partial charge in [-0.15, -0.1) is 0 Å². The summed E-state index contributed by atoms with van der Waals surface area (Å²) < 4.78 is 15.9. The molecule has 1 aliphatic rings. The lowest BCUT2D eigenvalue weighted by molar-refractivity contribution is 0.171. The highest BCUT2D eigenvalue weighted by molar-refractivity contribution is 5.77. The van der Waals surface area contributed by atoms with E-state index in [4.69, 9.17) is 5.73 Å². The molecule has 24 heavy (non-hydrogen) atoms. The Labute approximate surface area is 139 Å². The van der Waals surface area contributed by atoms with Crippen LogP contribution in [0.1, 0.15) is 31.7 Å². The van der Waals surface area contributed by atoms with Crippen LogP contribution in [-0.2, 0) is 0 Å². The van der Waals surface area contributed by atoms with Gasteiger partial charge >= 0.3 is 0 Å². The molecule has 0 unspecified atom stereocenters. The minimum absolute atomic E-state index is 0.299. The molecule has 2 N–H and O–H groups in total. The van der Waals surface area contributed by atoms with Gasteiger partial charge in [-0.1, -0.05) is 6.07 Å². The van der Waals surface area contributed by atoms with Crippen molar-refractivity contribution in [3.63, 3.8) is 0 Å². The van der Waals surface area contributed by atoms with Crippen LogP contribution >= 0.6 is 0 Å². The van der Waals surface area contributed by atoms with Gasteiger partial charge in [-0.05, 0) is 50.3 Å². The third-order valence-corrected chi connectivity index (χ3v) is 4.82. The quantitative estimate of drug-likeness (QED) is 0.781. The minimum Gasteiger partial charge on any atom is -0.330 e. The molecule has 0 aliphatic heterocycles. The van der Waals surface area contributed by atoms with Gasteiger partial charge in [0.25, 0.3) is 0 Å². The van der Waals surface area contributed by atoms with Crippen molar-refractivity contribution in [3.8, 4) is 11.3 Å². The highest BCUT2D eigenvalue weighted by Gasteiger charge is 2.30. The lowest BCUT2D eigenvalue weighted by Gasteiger charge is -2.35. The summed E-state index contributed by atoms with van der Waals surface area (Å²) in [6, 6.07) is 5.25. The molecule has 0 spiro atoms. The summed E-state index contributed by atoms with van der Waals surface area (Å²) in [7, 11) is 0. The number of benzene rings is 1. The van der Waals surface area contributed by atoms with E-state index in [1.54, 1.807) is 24.5 Å². The summed E-state index contributed by atoms with van der Waals surface area (Å²) in [4.78, 5) is 8.71. The van der Waals surface area contributed by atoms with Crippen LogP contribution in [0.5, 0.6) is 0 Å². The maximum atomic E-state index is 13.9. The van der Waals surface area contributed by atoms with Gasteiger partial charge in [0.2, 0.25) is 0 Å². The zero-order valence-corrected chi connectivity index (χ0v) is 13.4. The maximum absolute atomic E-state index is 13.9. The Balaban J connectivity index is 1.52. The number of nitrogens with two attached hydrogens (primary N) is 1. The summed E-state index contributed by atoms with van der Waals surface area (Å²) in [6.07, 6.45) is 10.0. The molecule has 1 aromatic carbocycles.